The van der Waals surface area contributed by atoms with Crippen molar-refractivity contribution in [2.75, 3.05) is 5.32 Å². The van der Waals surface area contributed by atoms with E-state index in [4.69, 9.17) is 0 Å². The second kappa shape index (κ2) is 4.51. The maximum Gasteiger partial charge on any atom is 0.157 e. The molecular formula is C12H18N4. The van der Waals surface area contributed by atoms with Crippen LogP contribution in [0.15, 0.2) is 18.5 Å². The Morgan fingerprint density at radius 1 is 1.31 bits per heavy atom. The molecule has 1 N–H and O–H groups in total. The van der Waals surface area contributed by atoms with Gasteiger partial charge in [-0.3, -0.25) is 0 Å². The van der Waals surface area contributed by atoms with Gasteiger partial charge in [0.05, 0.1) is 0 Å². The first-order valence-corrected chi connectivity index (χ1v) is 5.81. The van der Waals surface area contributed by atoms with Crippen molar-refractivity contribution >= 4 is 11.5 Å². The number of hydrogen-bond donors (Lipinski definition) is 1. The van der Waals surface area contributed by atoms with Crippen LogP contribution in [0.1, 0.15) is 32.3 Å². The Labute approximate surface area is 95.7 Å². The summed E-state index contributed by atoms with van der Waals surface area (Å²) in [4.78, 5) is 4.21. The van der Waals surface area contributed by atoms with Gasteiger partial charge in [-0.1, -0.05) is 13.8 Å². The van der Waals surface area contributed by atoms with Crippen molar-refractivity contribution in [3.05, 3.63) is 24.0 Å². The molecule has 2 rings (SSSR count). The third-order valence-electron chi connectivity index (χ3n) is 2.86. The maximum absolute atomic E-state index is 4.22. The van der Waals surface area contributed by atoms with Gasteiger partial charge >= 0.3 is 0 Å². The van der Waals surface area contributed by atoms with E-state index in [0.29, 0.717) is 6.04 Å². The standard InChI is InChI=1S/C12H18N4/c1-4-10(5-2)15-12-7-9(3)6-11-13-8-14-16(11)12/h6-8,10,15H,4-5H2,1-3H3. The molecule has 0 saturated carbocycles. The molecular weight excluding hydrogens is 200 g/mol. The highest BCUT2D eigenvalue weighted by atomic mass is 15.3. The zero-order chi connectivity index (χ0) is 11.5. The molecule has 4 heteroatoms. The Kier molecular flexibility index (Phi) is 3.08. The molecule has 16 heavy (non-hydrogen) atoms. The van der Waals surface area contributed by atoms with Crippen LogP contribution in [0, 0.1) is 6.92 Å². The van der Waals surface area contributed by atoms with Crippen molar-refractivity contribution in [3.8, 4) is 0 Å². The third kappa shape index (κ3) is 2.01. The van der Waals surface area contributed by atoms with Gasteiger partial charge in [-0.05, 0) is 37.5 Å². The number of fused-ring (bicyclic) bond motifs is 1. The first-order chi connectivity index (χ1) is 7.74. The summed E-state index contributed by atoms with van der Waals surface area (Å²) in [6.07, 6.45) is 3.81. The molecule has 0 fully saturated rings. The molecule has 86 valence electrons. The van der Waals surface area contributed by atoms with Gasteiger partial charge < -0.3 is 5.32 Å². The van der Waals surface area contributed by atoms with Gasteiger partial charge in [-0.15, -0.1) is 0 Å². The smallest absolute Gasteiger partial charge is 0.157 e. The van der Waals surface area contributed by atoms with Crippen molar-refractivity contribution in [1.29, 1.82) is 0 Å². The molecule has 0 unspecified atom stereocenters. The number of nitrogens with one attached hydrogen (secondary N) is 1. The SMILES string of the molecule is CCC(CC)Nc1cc(C)cc2ncnn12. The number of anilines is 1. The number of aryl methyl sites for hydroxylation is 1. The first kappa shape index (κ1) is 10.9. The van der Waals surface area contributed by atoms with E-state index in [1.807, 2.05) is 10.6 Å². The molecule has 2 aromatic heterocycles. The fraction of sp³-hybridized carbons (Fsp3) is 0.500. The van der Waals surface area contributed by atoms with Crippen molar-refractivity contribution in [3.63, 3.8) is 0 Å². The topological polar surface area (TPSA) is 42.2 Å². The normalized spacial score (nSPS) is 11.2. The fourth-order valence-corrected chi connectivity index (χ4v) is 1.86. The minimum atomic E-state index is 0.495. The number of aromatic nitrogens is 3. The molecule has 0 saturated heterocycles. The van der Waals surface area contributed by atoms with Crippen molar-refractivity contribution in [2.45, 2.75) is 39.7 Å². The Morgan fingerprint density at radius 3 is 2.75 bits per heavy atom. The monoisotopic (exact) mass is 218 g/mol. The van der Waals surface area contributed by atoms with Crippen LogP contribution >= 0.6 is 0 Å². The van der Waals surface area contributed by atoms with E-state index in [2.05, 4.69) is 42.2 Å². The minimum Gasteiger partial charge on any atom is -0.367 e. The minimum absolute atomic E-state index is 0.495. The summed E-state index contributed by atoms with van der Waals surface area (Å²) in [7, 11) is 0. The lowest BCUT2D eigenvalue weighted by molar-refractivity contribution is 0.664. The molecule has 0 spiro atoms. The third-order valence-corrected chi connectivity index (χ3v) is 2.86. The lowest BCUT2D eigenvalue weighted by Gasteiger charge is -2.17. The number of rotatable bonds is 4. The average molecular weight is 218 g/mol. The van der Waals surface area contributed by atoms with E-state index in [9.17, 15) is 0 Å². The molecule has 0 aliphatic carbocycles. The van der Waals surface area contributed by atoms with Crippen LogP contribution in [0.4, 0.5) is 5.82 Å². The summed E-state index contributed by atoms with van der Waals surface area (Å²) in [5, 5.41) is 7.73. The maximum atomic E-state index is 4.22. The Hall–Kier alpha value is -1.58. The Morgan fingerprint density at radius 2 is 2.06 bits per heavy atom. The van der Waals surface area contributed by atoms with E-state index in [1.54, 1.807) is 6.33 Å². The van der Waals surface area contributed by atoms with Gasteiger partial charge in [0.25, 0.3) is 0 Å². The van der Waals surface area contributed by atoms with Gasteiger partial charge in [0.2, 0.25) is 0 Å². The average Bonchev–Trinajstić information content (AvgIpc) is 2.73. The summed E-state index contributed by atoms with van der Waals surface area (Å²) >= 11 is 0. The van der Waals surface area contributed by atoms with E-state index < -0.39 is 0 Å². The lowest BCUT2D eigenvalue weighted by atomic mass is 10.1. The second-order valence-corrected chi connectivity index (χ2v) is 4.11. The van der Waals surface area contributed by atoms with Gasteiger partial charge in [0.15, 0.2) is 5.65 Å². The molecule has 0 atom stereocenters. The highest BCUT2D eigenvalue weighted by Gasteiger charge is 2.08. The molecule has 0 aliphatic heterocycles. The number of nitrogens with zero attached hydrogens (tertiary/aromatic N) is 3. The number of pyridine rings is 1. The highest BCUT2D eigenvalue weighted by molar-refractivity contribution is 5.51. The van der Waals surface area contributed by atoms with Crippen LogP contribution < -0.4 is 5.32 Å². The lowest BCUT2D eigenvalue weighted by Crippen LogP contribution is -2.19. The van der Waals surface area contributed by atoms with E-state index in [0.717, 1.165) is 24.3 Å². The summed E-state index contributed by atoms with van der Waals surface area (Å²) in [6, 6.07) is 4.64. The van der Waals surface area contributed by atoms with Gasteiger partial charge in [-0.25, -0.2) is 4.98 Å². The largest absolute Gasteiger partial charge is 0.367 e. The predicted molar refractivity (Wildman–Crippen MR) is 65.7 cm³/mol. The van der Waals surface area contributed by atoms with Crippen LogP contribution in [-0.2, 0) is 0 Å². The van der Waals surface area contributed by atoms with Crippen LogP contribution in [0.25, 0.3) is 5.65 Å². The second-order valence-electron chi connectivity index (χ2n) is 4.11. The quantitative estimate of drug-likeness (QED) is 0.857. The molecule has 0 aromatic carbocycles. The van der Waals surface area contributed by atoms with Crippen LogP contribution in [0.3, 0.4) is 0 Å². The van der Waals surface area contributed by atoms with E-state index in [1.165, 1.54) is 5.56 Å². The molecule has 0 radical (unpaired) electrons. The molecule has 4 nitrogen and oxygen atoms in total. The zero-order valence-corrected chi connectivity index (χ0v) is 10.1. The van der Waals surface area contributed by atoms with E-state index in [-0.39, 0.29) is 0 Å². The van der Waals surface area contributed by atoms with Crippen LogP contribution in [-0.4, -0.2) is 20.6 Å². The van der Waals surface area contributed by atoms with Gasteiger partial charge in [0.1, 0.15) is 12.1 Å². The molecule has 0 amide bonds. The molecule has 2 heterocycles. The Balaban J connectivity index is 2.38. The predicted octanol–water partition coefficient (Wildman–Crippen LogP) is 2.64. The summed E-state index contributed by atoms with van der Waals surface area (Å²) in [5.41, 5.74) is 2.10. The first-order valence-electron chi connectivity index (χ1n) is 5.81. The zero-order valence-electron chi connectivity index (χ0n) is 10.1. The van der Waals surface area contributed by atoms with Gasteiger partial charge in [-0.2, -0.15) is 9.61 Å². The van der Waals surface area contributed by atoms with Crippen LogP contribution in [0.5, 0.6) is 0 Å². The molecule has 0 bridgehead atoms. The highest BCUT2D eigenvalue weighted by Crippen LogP contribution is 2.15. The summed E-state index contributed by atoms with van der Waals surface area (Å²) < 4.78 is 1.85. The number of hydrogen-bond acceptors (Lipinski definition) is 3. The molecule has 0 aliphatic rings. The fourth-order valence-electron chi connectivity index (χ4n) is 1.86. The Bertz CT molecular complexity index is 471. The van der Waals surface area contributed by atoms with Crippen molar-refractivity contribution in [2.24, 2.45) is 0 Å². The van der Waals surface area contributed by atoms with Crippen molar-refractivity contribution < 1.29 is 0 Å². The van der Waals surface area contributed by atoms with Crippen LogP contribution in [0.2, 0.25) is 0 Å². The summed E-state index contributed by atoms with van der Waals surface area (Å²) in [5.74, 6) is 1.03. The van der Waals surface area contributed by atoms with E-state index >= 15 is 0 Å². The summed E-state index contributed by atoms with van der Waals surface area (Å²) in [6.45, 7) is 6.46. The molecule has 2 aromatic rings. The van der Waals surface area contributed by atoms with Gasteiger partial charge in [0, 0.05) is 6.04 Å². The van der Waals surface area contributed by atoms with Crippen molar-refractivity contribution in [1.82, 2.24) is 14.6 Å².